The second-order valence-corrected chi connectivity index (χ2v) is 3.51. The lowest BCUT2D eigenvalue weighted by Crippen LogP contribution is -2.18. The molecule has 0 aliphatic carbocycles. The second-order valence-electron chi connectivity index (χ2n) is 3.51. The van der Waals surface area contributed by atoms with Gasteiger partial charge in [-0.3, -0.25) is 4.79 Å². The van der Waals surface area contributed by atoms with E-state index in [1.165, 1.54) is 4.68 Å². The van der Waals surface area contributed by atoms with Crippen molar-refractivity contribution >= 4 is 5.78 Å². The lowest BCUT2D eigenvalue weighted by molar-refractivity contribution is -0.125. The number of Topliss-reactive ketones (excluding diaryl/α,β-unsaturated/α-hetero) is 1. The molecular formula is C9H16N4O2. The summed E-state index contributed by atoms with van der Waals surface area (Å²) in [7, 11) is 0. The molecule has 6 nitrogen and oxygen atoms in total. The minimum Gasteiger partial charge on any atom is -0.371 e. The molecule has 0 unspecified atom stereocenters. The van der Waals surface area contributed by atoms with E-state index < -0.39 is 0 Å². The fourth-order valence-electron chi connectivity index (χ4n) is 0.995. The average molecular weight is 212 g/mol. The van der Waals surface area contributed by atoms with E-state index in [2.05, 4.69) is 10.3 Å². The number of nitrogens with zero attached hydrogens (tertiary/aromatic N) is 3. The topological polar surface area (TPSA) is 83.0 Å². The molecule has 0 fully saturated rings. The van der Waals surface area contributed by atoms with Gasteiger partial charge in [0.25, 0.3) is 0 Å². The first-order valence-electron chi connectivity index (χ1n) is 4.84. The molecule has 0 atom stereocenters. The van der Waals surface area contributed by atoms with Crippen LogP contribution < -0.4 is 5.73 Å². The number of ketones is 1. The molecule has 0 aliphatic rings. The van der Waals surface area contributed by atoms with Gasteiger partial charge in [0.05, 0.1) is 18.0 Å². The summed E-state index contributed by atoms with van der Waals surface area (Å²) in [5, 5.41) is 7.54. The minimum atomic E-state index is -0.0304. The van der Waals surface area contributed by atoms with Crippen LogP contribution in [0.1, 0.15) is 19.5 Å². The van der Waals surface area contributed by atoms with E-state index in [1.54, 1.807) is 6.20 Å². The van der Waals surface area contributed by atoms with Crippen LogP contribution in [0, 0.1) is 0 Å². The van der Waals surface area contributed by atoms with E-state index in [1.807, 2.05) is 13.8 Å². The summed E-state index contributed by atoms with van der Waals surface area (Å²) in [6.07, 6.45) is 1.72. The number of hydrogen-bond acceptors (Lipinski definition) is 5. The first-order valence-corrected chi connectivity index (χ1v) is 4.84. The van der Waals surface area contributed by atoms with Gasteiger partial charge in [0.2, 0.25) is 0 Å². The van der Waals surface area contributed by atoms with Crippen LogP contribution >= 0.6 is 0 Å². The van der Waals surface area contributed by atoms with Crippen molar-refractivity contribution in [2.45, 2.75) is 33.0 Å². The number of nitrogens with two attached hydrogens (primary N) is 1. The molecule has 0 saturated carbocycles. The van der Waals surface area contributed by atoms with Crippen molar-refractivity contribution < 1.29 is 9.53 Å². The molecule has 1 heterocycles. The van der Waals surface area contributed by atoms with Gasteiger partial charge in [0, 0.05) is 6.54 Å². The minimum absolute atomic E-state index is 0.0304. The quantitative estimate of drug-likeness (QED) is 0.701. The summed E-state index contributed by atoms with van der Waals surface area (Å²) in [4.78, 5) is 11.4. The number of carbonyl (C=O) groups excluding carboxylic acids is 1. The molecule has 0 bridgehead atoms. The third-order valence-electron chi connectivity index (χ3n) is 1.71. The lowest BCUT2D eigenvalue weighted by Gasteiger charge is -2.05. The Morgan fingerprint density at radius 1 is 1.67 bits per heavy atom. The Balaban J connectivity index is 2.37. The molecule has 1 aromatic rings. The van der Waals surface area contributed by atoms with Crippen LogP contribution in [0.3, 0.4) is 0 Å². The van der Waals surface area contributed by atoms with Crippen molar-refractivity contribution in [1.29, 1.82) is 0 Å². The molecule has 0 spiro atoms. The molecule has 6 heteroatoms. The SMILES string of the molecule is CC(C)OCC(=O)Cn1cc(CN)nn1. The predicted molar refractivity (Wildman–Crippen MR) is 54.0 cm³/mol. The average Bonchev–Trinajstić information content (AvgIpc) is 2.62. The molecule has 0 amide bonds. The summed E-state index contributed by atoms with van der Waals surface area (Å²) in [6, 6.07) is 0. The molecule has 0 saturated heterocycles. The van der Waals surface area contributed by atoms with Crippen LogP contribution in [0.2, 0.25) is 0 Å². The monoisotopic (exact) mass is 212 g/mol. The normalized spacial score (nSPS) is 10.9. The van der Waals surface area contributed by atoms with Crippen LogP contribution in [0.15, 0.2) is 6.20 Å². The molecule has 0 radical (unpaired) electrons. The van der Waals surface area contributed by atoms with Crippen LogP contribution in [0.25, 0.3) is 0 Å². The first-order chi connectivity index (χ1) is 7.11. The van der Waals surface area contributed by atoms with Crippen LogP contribution in [-0.4, -0.2) is 33.5 Å². The van der Waals surface area contributed by atoms with Gasteiger partial charge in [0.15, 0.2) is 5.78 Å². The molecule has 15 heavy (non-hydrogen) atoms. The Labute approximate surface area is 88.4 Å². The molecular weight excluding hydrogens is 196 g/mol. The molecule has 2 N–H and O–H groups in total. The number of carbonyl (C=O) groups is 1. The van der Waals surface area contributed by atoms with E-state index in [9.17, 15) is 4.79 Å². The standard InChI is InChI=1S/C9H16N4O2/c1-7(2)15-6-9(14)5-13-4-8(3-10)11-12-13/h4,7H,3,5-6,10H2,1-2H3. The van der Waals surface area contributed by atoms with E-state index in [0.717, 1.165) is 0 Å². The number of ether oxygens (including phenoxy) is 1. The van der Waals surface area contributed by atoms with Gasteiger partial charge in [-0.2, -0.15) is 0 Å². The Kier molecular flexibility index (Phi) is 4.38. The summed E-state index contributed by atoms with van der Waals surface area (Å²) in [5.41, 5.74) is 6.04. The zero-order valence-corrected chi connectivity index (χ0v) is 9.01. The fourth-order valence-corrected chi connectivity index (χ4v) is 0.995. The smallest absolute Gasteiger partial charge is 0.179 e. The third kappa shape index (κ3) is 4.18. The van der Waals surface area contributed by atoms with Gasteiger partial charge < -0.3 is 10.5 Å². The molecule has 84 valence electrons. The maximum absolute atomic E-state index is 11.4. The van der Waals surface area contributed by atoms with Gasteiger partial charge in [-0.15, -0.1) is 5.10 Å². The highest BCUT2D eigenvalue weighted by molar-refractivity contribution is 5.79. The maximum atomic E-state index is 11.4. The summed E-state index contributed by atoms with van der Waals surface area (Å²) in [5.74, 6) is -0.0304. The van der Waals surface area contributed by atoms with Crippen LogP contribution in [0.4, 0.5) is 0 Å². The van der Waals surface area contributed by atoms with E-state index in [0.29, 0.717) is 12.2 Å². The number of hydrogen-bond donors (Lipinski definition) is 1. The van der Waals surface area contributed by atoms with E-state index >= 15 is 0 Å². The van der Waals surface area contributed by atoms with Crippen molar-refractivity contribution in [2.75, 3.05) is 6.61 Å². The number of aromatic nitrogens is 3. The Morgan fingerprint density at radius 3 is 2.93 bits per heavy atom. The molecule has 1 aromatic heterocycles. The summed E-state index contributed by atoms with van der Waals surface area (Å²) < 4.78 is 6.64. The Hall–Kier alpha value is -1.27. The molecule has 0 aliphatic heterocycles. The van der Waals surface area contributed by atoms with Crippen molar-refractivity contribution in [3.63, 3.8) is 0 Å². The van der Waals surface area contributed by atoms with Gasteiger partial charge in [0.1, 0.15) is 13.2 Å². The zero-order chi connectivity index (χ0) is 11.3. The highest BCUT2D eigenvalue weighted by atomic mass is 16.5. The second kappa shape index (κ2) is 5.57. The Bertz CT molecular complexity index is 322. The highest BCUT2D eigenvalue weighted by Gasteiger charge is 2.06. The predicted octanol–water partition coefficient (Wildman–Crippen LogP) is -0.269. The van der Waals surface area contributed by atoms with E-state index in [4.69, 9.17) is 10.5 Å². The lowest BCUT2D eigenvalue weighted by atomic mass is 10.4. The van der Waals surface area contributed by atoms with Crippen molar-refractivity contribution in [1.82, 2.24) is 15.0 Å². The zero-order valence-electron chi connectivity index (χ0n) is 9.01. The van der Waals surface area contributed by atoms with Crippen molar-refractivity contribution in [2.24, 2.45) is 5.73 Å². The van der Waals surface area contributed by atoms with Crippen LogP contribution in [0.5, 0.6) is 0 Å². The van der Waals surface area contributed by atoms with Crippen LogP contribution in [-0.2, 0) is 22.6 Å². The summed E-state index contributed by atoms with van der Waals surface area (Å²) in [6.45, 7) is 4.39. The Morgan fingerprint density at radius 2 is 2.40 bits per heavy atom. The number of rotatable bonds is 6. The first kappa shape index (κ1) is 11.8. The van der Waals surface area contributed by atoms with Gasteiger partial charge in [-0.05, 0) is 13.8 Å². The van der Waals surface area contributed by atoms with Gasteiger partial charge in [-0.1, -0.05) is 5.21 Å². The van der Waals surface area contributed by atoms with Gasteiger partial charge in [-0.25, -0.2) is 4.68 Å². The largest absolute Gasteiger partial charge is 0.371 e. The van der Waals surface area contributed by atoms with Crippen molar-refractivity contribution in [3.8, 4) is 0 Å². The third-order valence-corrected chi connectivity index (χ3v) is 1.71. The molecule has 1 rings (SSSR count). The van der Waals surface area contributed by atoms with Crippen molar-refractivity contribution in [3.05, 3.63) is 11.9 Å². The fraction of sp³-hybridized carbons (Fsp3) is 0.667. The van der Waals surface area contributed by atoms with E-state index in [-0.39, 0.29) is 25.0 Å². The maximum Gasteiger partial charge on any atom is 0.179 e. The highest BCUT2D eigenvalue weighted by Crippen LogP contribution is 1.93. The summed E-state index contributed by atoms with van der Waals surface area (Å²) >= 11 is 0. The molecule has 0 aromatic carbocycles. The van der Waals surface area contributed by atoms with Gasteiger partial charge >= 0.3 is 0 Å².